The van der Waals surface area contributed by atoms with E-state index in [1.165, 1.54) is 37.3 Å². The summed E-state index contributed by atoms with van der Waals surface area (Å²) in [6.07, 6.45) is -3.55. The van der Waals surface area contributed by atoms with Crippen LogP contribution in [0.5, 0.6) is 11.5 Å². The minimum absolute atomic E-state index is 0.0340. The third-order valence-electron chi connectivity index (χ3n) is 7.75. The van der Waals surface area contributed by atoms with Crippen molar-refractivity contribution in [2.24, 2.45) is 4.99 Å². The van der Waals surface area contributed by atoms with Gasteiger partial charge in [0.15, 0.2) is 10.5 Å². The van der Waals surface area contributed by atoms with Gasteiger partial charge < -0.3 is 14.2 Å². The summed E-state index contributed by atoms with van der Waals surface area (Å²) in [5.74, 6) is -0.514. The average Bonchev–Trinajstić information content (AvgIpc) is 3.41. The first kappa shape index (κ1) is 36.2. The quantitative estimate of drug-likeness (QED) is 0.133. The maximum Gasteiger partial charge on any atom is 0.434 e. The number of thiazole rings is 1. The fourth-order valence-electron chi connectivity index (χ4n) is 5.34. The lowest BCUT2D eigenvalue weighted by atomic mass is 9.95. The number of carbonyl (C=O) groups is 1. The fraction of sp³-hybridized carbons (Fsp3) is 0.162. The molecule has 1 aromatic heterocycles. The summed E-state index contributed by atoms with van der Waals surface area (Å²) in [6, 6.07) is 23.6. The van der Waals surface area contributed by atoms with Gasteiger partial charge in [-0.1, -0.05) is 94.7 Å². The Hall–Kier alpha value is -4.55. The standard InChI is InChI=1S/C37H26Cl3F3N2O5S/c1-2-48-35(47)31-32(21-11-14-25(38)15-12-21)45-34(46)30(51-36(45)44-33(31)37(41,42)43)17-22-13-16-26(49-19-23-7-3-5-9-27(23)39)18-29(22)50-20-24-8-4-6-10-28(24)40/h3-18,32H,2,19-20H2,1H3/b30-17+/t32-/m1/s1. The fourth-order valence-corrected chi connectivity index (χ4v) is 6.84. The molecule has 1 aliphatic rings. The zero-order valence-corrected chi connectivity index (χ0v) is 29.6. The summed E-state index contributed by atoms with van der Waals surface area (Å²) in [4.78, 5) is 30.8. The van der Waals surface area contributed by atoms with E-state index in [0.29, 0.717) is 37.7 Å². The lowest BCUT2D eigenvalue weighted by molar-refractivity contribution is -0.140. The largest absolute Gasteiger partial charge is 0.489 e. The average molecular weight is 774 g/mol. The van der Waals surface area contributed by atoms with Crippen molar-refractivity contribution in [3.63, 3.8) is 0 Å². The summed E-state index contributed by atoms with van der Waals surface area (Å²) in [5, 5.41) is 1.34. The lowest BCUT2D eigenvalue weighted by Crippen LogP contribution is -2.41. The van der Waals surface area contributed by atoms with Gasteiger partial charge in [-0.25, -0.2) is 9.79 Å². The highest BCUT2D eigenvalue weighted by atomic mass is 35.5. The van der Waals surface area contributed by atoms with E-state index in [2.05, 4.69) is 4.99 Å². The van der Waals surface area contributed by atoms with Crippen LogP contribution in [0.3, 0.4) is 0 Å². The molecule has 5 aromatic rings. The first-order valence-electron chi connectivity index (χ1n) is 15.4. The summed E-state index contributed by atoms with van der Waals surface area (Å²) in [6.45, 7) is 1.50. The van der Waals surface area contributed by atoms with E-state index in [-0.39, 0.29) is 34.7 Å². The Morgan fingerprint density at radius 2 is 1.53 bits per heavy atom. The van der Waals surface area contributed by atoms with Crippen LogP contribution in [-0.2, 0) is 22.7 Å². The first-order chi connectivity index (χ1) is 24.4. The number of hydrogen-bond acceptors (Lipinski definition) is 7. The molecule has 7 nitrogen and oxygen atoms in total. The highest BCUT2D eigenvalue weighted by Gasteiger charge is 2.45. The minimum atomic E-state index is -5.04. The highest BCUT2D eigenvalue weighted by molar-refractivity contribution is 7.07. The molecule has 262 valence electrons. The molecule has 1 aliphatic heterocycles. The van der Waals surface area contributed by atoms with Gasteiger partial charge in [0.05, 0.1) is 22.8 Å². The molecule has 0 N–H and O–H groups in total. The zero-order valence-electron chi connectivity index (χ0n) is 26.5. The van der Waals surface area contributed by atoms with Gasteiger partial charge in [0.25, 0.3) is 5.56 Å². The predicted molar refractivity (Wildman–Crippen MR) is 190 cm³/mol. The number of benzene rings is 4. The second-order valence-corrected chi connectivity index (χ2v) is 13.3. The smallest absolute Gasteiger partial charge is 0.434 e. The Morgan fingerprint density at radius 1 is 0.902 bits per heavy atom. The summed E-state index contributed by atoms with van der Waals surface area (Å²) in [7, 11) is 0. The van der Waals surface area contributed by atoms with Gasteiger partial charge in [-0.15, -0.1) is 0 Å². The van der Waals surface area contributed by atoms with E-state index in [1.807, 2.05) is 24.3 Å². The maximum absolute atomic E-state index is 14.5. The number of halogens is 6. The van der Waals surface area contributed by atoms with Crippen molar-refractivity contribution in [2.75, 3.05) is 6.61 Å². The van der Waals surface area contributed by atoms with Crippen LogP contribution in [0.25, 0.3) is 6.08 Å². The SMILES string of the molecule is CCOC(=O)C1=C(C(F)(F)F)N=c2s/c(=C/c3ccc(OCc4ccccc4Cl)cc3OCc3ccccc3Cl)c(=O)n2[C@@H]1c1ccc(Cl)cc1. The van der Waals surface area contributed by atoms with Gasteiger partial charge in [-0.2, -0.15) is 13.2 Å². The van der Waals surface area contributed by atoms with Gasteiger partial charge in [-0.05, 0) is 55.0 Å². The molecule has 4 aromatic carbocycles. The molecule has 2 heterocycles. The number of ether oxygens (including phenoxy) is 3. The van der Waals surface area contributed by atoms with Crippen LogP contribution in [0, 0.1) is 0 Å². The molecule has 0 aliphatic carbocycles. The minimum Gasteiger partial charge on any atom is -0.489 e. The molecule has 0 spiro atoms. The van der Waals surface area contributed by atoms with Crippen molar-refractivity contribution in [2.45, 2.75) is 32.4 Å². The molecule has 51 heavy (non-hydrogen) atoms. The number of allylic oxidation sites excluding steroid dienone is 1. The summed E-state index contributed by atoms with van der Waals surface area (Å²) < 4.78 is 61.9. The highest BCUT2D eigenvalue weighted by Crippen LogP contribution is 2.38. The molecular weight excluding hydrogens is 748 g/mol. The molecule has 0 unspecified atom stereocenters. The number of esters is 1. The first-order valence-corrected chi connectivity index (χ1v) is 17.3. The van der Waals surface area contributed by atoms with Gasteiger partial charge in [0, 0.05) is 37.8 Å². The van der Waals surface area contributed by atoms with E-state index in [0.717, 1.165) is 21.5 Å². The van der Waals surface area contributed by atoms with E-state index in [1.54, 1.807) is 42.5 Å². The van der Waals surface area contributed by atoms with Crippen LogP contribution in [0.4, 0.5) is 13.2 Å². The molecule has 1 atom stereocenters. The van der Waals surface area contributed by atoms with Gasteiger partial charge >= 0.3 is 12.1 Å². The van der Waals surface area contributed by atoms with Crippen LogP contribution < -0.4 is 24.4 Å². The topological polar surface area (TPSA) is 79.1 Å². The van der Waals surface area contributed by atoms with E-state index < -0.39 is 35.0 Å². The Labute approximate surface area is 308 Å². The molecule has 14 heteroatoms. The predicted octanol–water partition coefficient (Wildman–Crippen LogP) is 8.46. The molecule has 0 saturated carbocycles. The normalized spacial score (nSPS) is 14.6. The number of carbonyl (C=O) groups excluding carboxylic acids is 1. The monoisotopic (exact) mass is 772 g/mol. The lowest BCUT2D eigenvalue weighted by Gasteiger charge is -2.26. The molecule has 6 rings (SSSR count). The number of rotatable bonds is 10. The third-order valence-corrected chi connectivity index (χ3v) is 9.72. The molecule has 0 fully saturated rings. The van der Waals surface area contributed by atoms with Crippen molar-refractivity contribution >= 4 is 58.2 Å². The van der Waals surface area contributed by atoms with Crippen LogP contribution in [0.1, 0.15) is 35.2 Å². The van der Waals surface area contributed by atoms with Crippen molar-refractivity contribution in [3.8, 4) is 11.5 Å². The number of nitrogens with zero attached hydrogens (tertiary/aromatic N) is 2. The van der Waals surface area contributed by atoms with Crippen molar-refractivity contribution in [1.29, 1.82) is 0 Å². The molecule has 0 saturated heterocycles. The van der Waals surface area contributed by atoms with Crippen molar-refractivity contribution in [3.05, 3.63) is 159 Å². The Kier molecular flexibility index (Phi) is 10.9. The van der Waals surface area contributed by atoms with E-state index in [4.69, 9.17) is 49.0 Å². The second kappa shape index (κ2) is 15.4. The third kappa shape index (κ3) is 8.02. The Bertz CT molecular complexity index is 2320. The van der Waals surface area contributed by atoms with Crippen LogP contribution >= 0.6 is 46.1 Å². The van der Waals surface area contributed by atoms with Crippen LogP contribution in [0.15, 0.2) is 112 Å². The summed E-state index contributed by atoms with van der Waals surface area (Å²) in [5.41, 5.74) is -0.860. The number of alkyl halides is 3. The molecular formula is C37H26Cl3F3N2O5S. The number of hydrogen-bond donors (Lipinski definition) is 0. The second-order valence-electron chi connectivity index (χ2n) is 11.1. The van der Waals surface area contributed by atoms with E-state index in [9.17, 15) is 22.8 Å². The van der Waals surface area contributed by atoms with Crippen LogP contribution in [-0.4, -0.2) is 23.3 Å². The van der Waals surface area contributed by atoms with Crippen molar-refractivity contribution in [1.82, 2.24) is 4.57 Å². The van der Waals surface area contributed by atoms with E-state index >= 15 is 0 Å². The van der Waals surface area contributed by atoms with Crippen LogP contribution in [0.2, 0.25) is 15.1 Å². The molecule has 0 bridgehead atoms. The summed E-state index contributed by atoms with van der Waals surface area (Å²) >= 11 is 19.5. The number of aromatic nitrogens is 1. The van der Waals surface area contributed by atoms with Gasteiger partial charge in [0.1, 0.15) is 24.7 Å². The Balaban J connectivity index is 1.48. The van der Waals surface area contributed by atoms with Crippen molar-refractivity contribution < 1.29 is 32.2 Å². The molecule has 0 radical (unpaired) electrons. The van der Waals surface area contributed by atoms with Gasteiger partial charge in [0.2, 0.25) is 0 Å². The Morgan fingerprint density at radius 3 is 2.14 bits per heavy atom. The van der Waals surface area contributed by atoms with Gasteiger partial charge in [-0.3, -0.25) is 9.36 Å². The number of fused-ring (bicyclic) bond motifs is 1. The molecule has 0 amide bonds. The maximum atomic E-state index is 14.5. The zero-order chi connectivity index (χ0) is 36.3.